The molecule has 0 unspecified atom stereocenters. The molecule has 0 aliphatic carbocycles. The molecule has 0 amide bonds. The third kappa shape index (κ3) is 3.02. The van der Waals surface area contributed by atoms with E-state index in [-0.39, 0.29) is 5.82 Å². The summed E-state index contributed by atoms with van der Waals surface area (Å²) in [5.74, 6) is 0.577. The molecule has 1 saturated heterocycles. The number of nitrogens with one attached hydrogen (secondary N) is 1. The van der Waals surface area contributed by atoms with Gasteiger partial charge in [0, 0.05) is 0 Å². The van der Waals surface area contributed by atoms with Gasteiger partial charge in [0.2, 0.25) is 0 Å². The van der Waals surface area contributed by atoms with Crippen LogP contribution in [-0.4, -0.2) is 13.1 Å². The highest BCUT2D eigenvalue weighted by Gasteiger charge is 2.13. The van der Waals surface area contributed by atoms with Crippen LogP contribution in [0.25, 0.3) is 0 Å². The molecule has 3 heteroatoms. The number of benzene rings is 1. The number of hydrogen-bond donors (Lipinski definition) is 1. The first kappa shape index (κ1) is 11.1. The van der Waals surface area contributed by atoms with Crippen LogP contribution in [0, 0.1) is 11.7 Å². The third-order valence-corrected chi connectivity index (χ3v) is 3.57. The number of piperidine rings is 1. The van der Waals surface area contributed by atoms with Crippen LogP contribution in [-0.2, 0) is 6.42 Å². The van der Waals surface area contributed by atoms with E-state index in [1.165, 1.54) is 18.4 Å². The van der Waals surface area contributed by atoms with Gasteiger partial charge in [-0.2, -0.15) is 0 Å². The minimum Gasteiger partial charge on any atom is -0.317 e. The van der Waals surface area contributed by atoms with Gasteiger partial charge in [0.1, 0.15) is 5.82 Å². The lowest BCUT2D eigenvalue weighted by atomic mass is 9.91. The van der Waals surface area contributed by atoms with Crippen LogP contribution in [0.3, 0.4) is 0 Å². The largest absolute Gasteiger partial charge is 0.317 e. The van der Waals surface area contributed by atoms with Crippen molar-refractivity contribution in [1.29, 1.82) is 0 Å². The fraction of sp³-hybridized carbons (Fsp3) is 0.500. The standard InChI is InChI=1S/C12H15BrFN/c13-11-8-10(1-2-12(11)14)7-9-3-5-15-6-4-9/h1-2,8-9,15H,3-7H2. The normalized spacial score (nSPS) is 18.0. The molecule has 0 radical (unpaired) electrons. The average molecular weight is 272 g/mol. The molecule has 0 bridgehead atoms. The van der Waals surface area contributed by atoms with E-state index in [4.69, 9.17) is 0 Å². The summed E-state index contributed by atoms with van der Waals surface area (Å²) >= 11 is 3.22. The van der Waals surface area contributed by atoms with Crippen molar-refractivity contribution < 1.29 is 4.39 Å². The number of halogens is 2. The average Bonchev–Trinajstić information content (AvgIpc) is 2.25. The minimum atomic E-state index is -0.177. The molecule has 1 fully saturated rings. The van der Waals surface area contributed by atoms with E-state index in [2.05, 4.69) is 21.2 Å². The summed E-state index contributed by atoms with van der Waals surface area (Å²) in [5, 5.41) is 3.35. The van der Waals surface area contributed by atoms with Gasteiger partial charge in [0.15, 0.2) is 0 Å². The zero-order valence-corrected chi connectivity index (χ0v) is 10.2. The van der Waals surface area contributed by atoms with Crippen molar-refractivity contribution in [2.75, 3.05) is 13.1 Å². The number of hydrogen-bond acceptors (Lipinski definition) is 1. The Kier molecular flexibility index (Phi) is 3.76. The zero-order chi connectivity index (χ0) is 10.7. The molecule has 1 aromatic carbocycles. The molecule has 0 spiro atoms. The van der Waals surface area contributed by atoms with E-state index < -0.39 is 0 Å². The lowest BCUT2D eigenvalue weighted by Gasteiger charge is -2.22. The van der Waals surface area contributed by atoms with Gasteiger partial charge in [-0.25, -0.2) is 4.39 Å². The Bertz CT molecular complexity index is 334. The minimum absolute atomic E-state index is 0.177. The molecular formula is C12H15BrFN. The van der Waals surface area contributed by atoms with Gasteiger partial charge in [-0.15, -0.1) is 0 Å². The molecule has 82 valence electrons. The van der Waals surface area contributed by atoms with Crippen LogP contribution >= 0.6 is 15.9 Å². The highest BCUT2D eigenvalue weighted by Crippen LogP contribution is 2.22. The summed E-state index contributed by atoms with van der Waals surface area (Å²) < 4.78 is 13.6. The van der Waals surface area contributed by atoms with E-state index in [1.54, 1.807) is 6.07 Å². The van der Waals surface area contributed by atoms with E-state index >= 15 is 0 Å². The Hall–Kier alpha value is -0.410. The topological polar surface area (TPSA) is 12.0 Å². The molecule has 1 heterocycles. The maximum absolute atomic E-state index is 13.0. The fourth-order valence-electron chi connectivity index (χ4n) is 2.09. The van der Waals surface area contributed by atoms with Crippen molar-refractivity contribution in [2.24, 2.45) is 5.92 Å². The summed E-state index contributed by atoms with van der Waals surface area (Å²) in [4.78, 5) is 0. The second kappa shape index (κ2) is 5.08. The van der Waals surface area contributed by atoms with Crippen molar-refractivity contribution in [1.82, 2.24) is 5.32 Å². The van der Waals surface area contributed by atoms with E-state index in [9.17, 15) is 4.39 Å². The van der Waals surface area contributed by atoms with Crippen LogP contribution in [0.4, 0.5) is 4.39 Å². The van der Waals surface area contributed by atoms with Gasteiger partial charge in [-0.3, -0.25) is 0 Å². The molecule has 0 saturated carbocycles. The molecule has 15 heavy (non-hydrogen) atoms. The molecule has 0 atom stereocenters. The highest BCUT2D eigenvalue weighted by atomic mass is 79.9. The van der Waals surface area contributed by atoms with Crippen molar-refractivity contribution in [2.45, 2.75) is 19.3 Å². The summed E-state index contributed by atoms with van der Waals surface area (Å²) in [6.45, 7) is 2.24. The van der Waals surface area contributed by atoms with Crippen LogP contribution in [0.15, 0.2) is 22.7 Å². The van der Waals surface area contributed by atoms with Crippen LogP contribution in [0.1, 0.15) is 18.4 Å². The highest BCUT2D eigenvalue weighted by molar-refractivity contribution is 9.10. The lowest BCUT2D eigenvalue weighted by molar-refractivity contribution is 0.372. The number of rotatable bonds is 2. The molecule has 1 N–H and O–H groups in total. The first-order chi connectivity index (χ1) is 7.25. The zero-order valence-electron chi connectivity index (χ0n) is 8.60. The van der Waals surface area contributed by atoms with E-state index in [0.29, 0.717) is 4.47 Å². The summed E-state index contributed by atoms with van der Waals surface area (Å²) in [5.41, 5.74) is 1.23. The molecule has 1 aliphatic heterocycles. The third-order valence-electron chi connectivity index (χ3n) is 2.97. The molecule has 1 nitrogen and oxygen atoms in total. The predicted molar refractivity (Wildman–Crippen MR) is 63.4 cm³/mol. The maximum Gasteiger partial charge on any atom is 0.137 e. The van der Waals surface area contributed by atoms with Gasteiger partial charge < -0.3 is 5.32 Å². The molecular weight excluding hydrogens is 257 g/mol. The van der Waals surface area contributed by atoms with E-state index in [0.717, 1.165) is 25.4 Å². The molecule has 2 rings (SSSR count). The van der Waals surface area contributed by atoms with Crippen LogP contribution in [0.5, 0.6) is 0 Å². The summed E-state index contributed by atoms with van der Waals surface area (Å²) in [6, 6.07) is 5.33. The van der Waals surface area contributed by atoms with Crippen LogP contribution in [0.2, 0.25) is 0 Å². The summed E-state index contributed by atoms with van der Waals surface area (Å²) in [7, 11) is 0. The van der Waals surface area contributed by atoms with Crippen molar-refractivity contribution in [3.63, 3.8) is 0 Å². The Balaban J connectivity index is 2.00. The van der Waals surface area contributed by atoms with Crippen molar-refractivity contribution in [3.05, 3.63) is 34.1 Å². The second-order valence-corrected chi connectivity index (χ2v) is 5.00. The smallest absolute Gasteiger partial charge is 0.137 e. The first-order valence-corrected chi connectivity index (χ1v) is 6.19. The van der Waals surface area contributed by atoms with Crippen molar-refractivity contribution >= 4 is 15.9 Å². The van der Waals surface area contributed by atoms with E-state index in [1.807, 2.05) is 12.1 Å². The van der Waals surface area contributed by atoms with Gasteiger partial charge in [-0.05, 0) is 71.9 Å². The summed E-state index contributed by atoms with van der Waals surface area (Å²) in [6.07, 6.45) is 3.53. The van der Waals surface area contributed by atoms with Crippen molar-refractivity contribution in [3.8, 4) is 0 Å². The Morgan fingerprint density at radius 1 is 1.33 bits per heavy atom. The van der Waals surface area contributed by atoms with Gasteiger partial charge in [-0.1, -0.05) is 6.07 Å². The SMILES string of the molecule is Fc1ccc(CC2CCNCC2)cc1Br. The fourth-order valence-corrected chi connectivity index (χ4v) is 2.51. The Morgan fingerprint density at radius 2 is 2.07 bits per heavy atom. The first-order valence-electron chi connectivity index (χ1n) is 5.40. The monoisotopic (exact) mass is 271 g/mol. The predicted octanol–water partition coefficient (Wildman–Crippen LogP) is 3.13. The maximum atomic E-state index is 13.0. The molecule has 1 aliphatic rings. The molecule has 1 aromatic rings. The second-order valence-electron chi connectivity index (χ2n) is 4.15. The van der Waals surface area contributed by atoms with Gasteiger partial charge >= 0.3 is 0 Å². The quantitative estimate of drug-likeness (QED) is 0.872. The van der Waals surface area contributed by atoms with Gasteiger partial charge in [0.05, 0.1) is 4.47 Å². The molecule has 0 aromatic heterocycles. The lowest BCUT2D eigenvalue weighted by Crippen LogP contribution is -2.28. The van der Waals surface area contributed by atoms with Crippen LogP contribution < -0.4 is 5.32 Å². The van der Waals surface area contributed by atoms with Gasteiger partial charge in [0.25, 0.3) is 0 Å². The Morgan fingerprint density at radius 3 is 2.73 bits per heavy atom. The Labute approximate surface area is 98.2 Å².